The van der Waals surface area contributed by atoms with E-state index in [1.165, 1.54) is 0 Å². The van der Waals surface area contributed by atoms with Crippen LogP contribution in [0.25, 0.3) is 0 Å². The fourth-order valence-electron chi connectivity index (χ4n) is 0.0228. The first-order valence-electron chi connectivity index (χ1n) is 1.13. The Balaban J connectivity index is 3.23. The fraction of sp³-hybridized carbons (Fsp3) is 0. The average Bonchev–Trinajstić information content (AvgIpc) is 1.65. The Morgan fingerprint density at radius 3 is 2.33 bits per heavy atom. The first kappa shape index (κ1) is 5.10. The highest BCUT2D eigenvalue weighted by molar-refractivity contribution is 6.23. The zero-order chi connectivity index (χ0) is 4.99. The monoisotopic (exact) mass is 88.0 g/mol. The van der Waals surface area contributed by atoms with Gasteiger partial charge in [-0.05, 0) is 0 Å². The van der Waals surface area contributed by atoms with E-state index < -0.39 is 5.91 Å². The van der Waals surface area contributed by atoms with Gasteiger partial charge >= 0.3 is 5.91 Å². The lowest BCUT2D eigenvalue weighted by Gasteiger charge is -1.76. The zero-order valence-electron chi connectivity index (χ0n) is 2.76. The predicted octanol–water partition coefficient (Wildman–Crippen LogP) is -1.40. The number of nitrogens with one attached hydrogen (secondary N) is 1. The Hall–Kier alpha value is -0.900. The van der Waals surface area contributed by atoms with Crippen LogP contribution in [0.4, 0.5) is 0 Å². The summed E-state index contributed by atoms with van der Waals surface area (Å²) in [5.41, 5.74) is 1.05. The van der Waals surface area contributed by atoms with E-state index in [0.717, 1.165) is 11.8 Å². The molecule has 0 aromatic heterocycles. The van der Waals surface area contributed by atoms with E-state index in [0.29, 0.717) is 0 Å². The van der Waals surface area contributed by atoms with Crippen LogP contribution in [-0.2, 0) is 9.59 Å². The molecular weight excluding hydrogens is 86.0 g/mol. The topological polar surface area (TPSA) is 66.4 Å². The molecule has 33 valence electrons. The summed E-state index contributed by atoms with van der Waals surface area (Å²) in [6, 6.07) is 0. The molecule has 1 amide bonds. The summed E-state index contributed by atoms with van der Waals surface area (Å²) < 4.78 is 0. The van der Waals surface area contributed by atoms with Crippen molar-refractivity contribution in [2.24, 2.45) is 0 Å². The van der Waals surface area contributed by atoms with Gasteiger partial charge in [-0.15, -0.1) is 0 Å². The molecule has 0 rings (SSSR count). The van der Waals surface area contributed by atoms with Crippen LogP contribution in [0.5, 0.6) is 0 Å². The lowest BCUT2D eigenvalue weighted by atomic mass is 10.7. The average molecular weight is 88.0 g/mol. The van der Waals surface area contributed by atoms with E-state index in [9.17, 15) is 4.79 Å². The summed E-state index contributed by atoms with van der Waals surface area (Å²) in [5, 5.41) is 7.47. The van der Waals surface area contributed by atoms with Gasteiger partial charge in [-0.25, -0.2) is 5.48 Å². The van der Waals surface area contributed by atoms with Crippen LogP contribution in [-0.4, -0.2) is 17.4 Å². The van der Waals surface area contributed by atoms with Crippen molar-refractivity contribution >= 4 is 12.2 Å². The number of hydroxylamine groups is 1. The summed E-state index contributed by atoms with van der Waals surface area (Å²) in [7, 11) is 0. The Morgan fingerprint density at radius 2 is 2.33 bits per heavy atom. The van der Waals surface area contributed by atoms with Crippen LogP contribution in [0.1, 0.15) is 0 Å². The molecule has 0 aliphatic carbocycles. The van der Waals surface area contributed by atoms with Crippen molar-refractivity contribution < 1.29 is 14.8 Å². The molecule has 0 bridgehead atoms. The maximum atomic E-state index is 9.40. The highest BCUT2D eigenvalue weighted by Crippen LogP contribution is 1.42. The Kier molecular flexibility index (Phi) is 1.99. The SMILES string of the molecule is O=[C]C(=O)NO. The zero-order valence-corrected chi connectivity index (χ0v) is 2.76. The number of carbonyl (C=O) groups excluding carboxylic acids is 2. The maximum Gasteiger partial charge on any atom is 0.319 e. The van der Waals surface area contributed by atoms with Crippen molar-refractivity contribution in [2.45, 2.75) is 0 Å². The molecule has 0 saturated carbocycles. The van der Waals surface area contributed by atoms with E-state index in [4.69, 9.17) is 10.0 Å². The number of rotatable bonds is 1. The first-order chi connectivity index (χ1) is 2.81. The number of amides is 1. The Bertz CT molecular complexity index is 69.2. The highest BCUT2D eigenvalue weighted by atomic mass is 16.5. The molecule has 2 N–H and O–H groups in total. The first-order valence-corrected chi connectivity index (χ1v) is 1.13. The quantitative estimate of drug-likeness (QED) is 0.235. The molecule has 0 aromatic carbocycles. The highest BCUT2D eigenvalue weighted by Gasteiger charge is 1.89. The van der Waals surface area contributed by atoms with Gasteiger partial charge in [0.2, 0.25) is 0 Å². The molecule has 4 nitrogen and oxygen atoms in total. The van der Waals surface area contributed by atoms with Crippen LogP contribution in [0, 0.1) is 0 Å². The molecule has 0 saturated heterocycles. The second-order valence-electron chi connectivity index (χ2n) is 0.543. The van der Waals surface area contributed by atoms with Crippen molar-refractivity contribution in [3.63, 3.8) is 0 Å². The molecule has 6 heavy (non-hydrogen) atoms. The van der Waals surface area contributed by atoms with Crippen LogP contribution in [0.15, 0.2) is 0 Å². The summed E-state index contributed by atoms with van der Waals surface area (Å²) >= 11 is 0. The molecular formula is C2H2NO3. The second-order valence-corrected chi connectivity index (χ2v) is 0.543. The van der Waals surface area contributed by atoms with Gasteiger partial charge in [0.05, 0.1) is 0 Å². The van der Waals surface area contributed by atoms with Gasteiger partial charge in [-0.3, -0.25) is 14.8 Å². The van der Waals surface area contributed by atoms with Gasteiger partial charge in [0, 0.05) is 0 Å². The smallest absolute Gasteiger partial charge is 0.288 e. The van der Waals surface area contributed by atoms with E-state index in [2.05, 4.69) is 0 Å². The van der Waals surface area contributed by atoms with Gasteiger partial charge in [0.1, 0.15) is 0 Å². The van der Waals surface area contributed by atoms with Gasteiger partial charge in [-0.1, -0.05) is 0 Å². The fourth-order valence-corrected chi connectivity index (χ4v) is 0.0228. The van der Waals surface area contributed by atoms with Crippen molar-refractivity contribution in [3.8, 4) is 0 Å². The third-order valence-corrected chi connectivity index (χ3v) is 0.194. The van der Waals surface area contributed by atoms with Crippen LogP contribution < -0.4 is 5.48 Å². The van der Waals surface area contributed by atoms with Crippen LogP contribution >= 0.6 is 0 Å². The summed E-state index contributed by atoms with van der Waals surface area (Å²) in [6.07, 6.45) is 0.865. The minimum Gasteiger partial charge on any atom is -0.288 e. The van der Waals surface area contributed by atoms with Crippen molar-refractivity contribution in [3.05, 3.63) is 0 Å². The minimum atomic E-state index is -1.16. The molecule has 1 radical (unpaired) electrons. The third-order valence-electron chi connectivity index (χ3n) is 0.194. The molecule has 0 atom stereocenters. The van der Waals surface area contributed by atoms with Crippen LogP contribution in [0.2, 0.25) is 0 Å². The largest absolute Gasteiger partial charge is 0.319 e. The van der Waals surface area contributed by atoms with Gasteiger partial charge in [0.25, 0.3) is 6.29 Å². The molecule has 0 spiro atoms. The van der Waals surface area contributed by atoms with Crippen LogP contribution in [0.3, 0.4) is 0 Å². The van der Waals surface area contributed by atoms with E-state index in [-0.39, 0.29) is 0 Å². The molecule has 0 fully saturated rings. The lowest BCUT2D eigenvalue weighted by molar-refractivity contribution is -0.122. The summed E-state index contributed by atoms with van der Waals surface area (Å²) in [4.78, 5) is 18.4. The van der Waals surface area contributed by atoms with Crippen molar-refractivity contribution in [2.75, 3.05) is 0 Å². The van der Waals surface area contributed by atoms with Crippen molar-refractivity contribution in [1.82, 2.24) is 5.48 Å². The maximum absolute atomic E-state index is 9.40. The molecule has 4 heteroatoms. The Labute approximate surface area is 33.7 Å². The Morgan fingerprint density at radius 1 is 1.83 bits per heavy atom. The second kappa shape index (κ2) is 2.34. The normalized spacial score (nSPS) is 6.83. The molecule has 0 heterocycles. The number of carbonyl (C=O) groups is 1. The lowest BCUT2D eigenvalue weighted by Crippen LogP contribution is -2.18. The van der Waals surface area contributed by atoms with E-state index in [1.54, 1.807) is 0 Å². The van der Waals surface area contributed by atoms with Gasteiger partial charge in [-0.2, -0.15) is 0 Å². The van der Waals surface area contributed by atoms with Crippen molar-refractivity contribution in [1.29, 1.82) is 0 Å². The molecule has 0 aliphatic heterocycles. The molecule has 0 aromatic rings. The predicted molar refractivity (Wildman–Crippen MR) is 15.6 cm³/mol. The van der Waals surface area contributed by atoms with Gasteiger partial charge in [0.15, 0.2) is 0 Å². The standard InChI is InChI=1S/C2H2NO3/c4-1-2(5)3-6/h6H,(H,3,5). The number of hydrogen-bond donors (Lipinski definition) is 2. The summed E-state index contributed by atoms with van der Waals surface area (Å²) in [5.74, 6) is -1.16. The third kappa shape index (κ3) is 1.42. The van der Waals surface area contributed by atoms with E-state index >= 15 is 0 Å². The van der Waals surface area contributed by atoms with Gasteiger partial charge < -0.3 is 0 Å². The minimum absolute atomic E-state index is 0.865. The summed E-state index contributed by atoms with van der Waals surface area (Å²) in [6.45, 7) is 0. The number of hydrogen-bond acceptors (Lipinski definition) is 3. The molecule has 0 unspecified atom stereocenters. The van der Waals surface area contributed by atoms with E-state index in [1.807, 2.05) is 0 Å². The molecule has 0 aliphatic rings.